The van der Waals surface area contributed by atoms with E-state index in [1.807, 2.05) is 6.92 Å². The van der Waals surface area contributed by atoms with Crippen molar-refractivity contribution in [3.63, 3.8) is 0 Å². The van der Waals surface area contributed by atoms with Gasteiger partial charge in [-0.05, 0) is 25.6 Å². The summed E-state index contributed by atoms with van der Waals surface area (Å²) in [5, 5.41) is 10.4. The lowest BCUT2D eigenvalue weighted by molar-refractivity contribution is 0.634. The van der Waals surface area contributed by atoms with Crippen LogP contribution in [0, 0.1) is 11.7 Å². The van der Waals surface area contributed by atoms with Crippen LogP contribution in [-0.2, 0) is 19.4 Å². The molecule has 0 amide bonds. The fourth-order valence-electron chi connectivity index (χ4n) is 1.72. The molecule has 0 spiro atoms. The van der Waals surface area contributed by atoms with Crippen LogP contribution < -0.4 is 0 Å². The van der Waals surface area contributed by atoms with Crippen LogP contribution in [0.1, 0.15) is 29.9 Å². The Morgan fingerprint density at radius 3 is 2.94 bits per heavy atom. The second-order valence-electron chi connectivity index (χ2n) is 3.98. The average Bonchev–Trinajstić information content (AvgIpc) is 2.85. The van der Waals surface area contributed by atoms with Crippen LogP contribution in [0.3, 0.4) is 0 Å². The molecule has 0 unspecified atom stereocenters. The summed E-state index contributed by atoms with van der Waals surface area (Å²) in [6.45, 7) is 5.02. The molecule has 17 heavy (non-hydrogen) atoms. The fraction of sp³-hybridized carbons (Fsp3) is 0.545. The van der Waals surface area contributed by atoms with E-state index in [2.05, 4.69) is 32.1 Å². The fourth-order valence-corrected chi connectivity index (χ4v) is 2.73. The van der Waals surface area contributed by atoms with Crippen molar-refractivity contribution in [2.75, 3.05) is 0 Å². The standard InChI is InChI=1S/C11H16N4S2/c1-3-4-9-13-14-11(16)15(9)6-5-10-12-8(2)7-17-10/h7H,3-6H2,1-2H3,(H,14,16). The van der Waals surface area contributed by atoms with E-state index in [4.69, 9.17) is 12.2 Å². The number of aromatic nitrogens is 4. The van der Waals surface area contributed by atoms with Crippen LogP contribution >= 0.6 is 23.6 Å². The Morgan fingerprint density at radius 2 is 2.29 bits per heavy atom. The lowest BCUT2D eigenvalue weighted by atomic mass is 10.3. The molecule has 1 N–H and O–H groups in total. The van der Waals surface area contributed by atoms with Crippen molar-refractivity contribution >= 4 is 23.6 Å². The molecule has 0 aliphatic heterocycles. The van der Waals surface area contributed by atoms with Crippen LogP contribution in [0.5, 0.6) is 0 Å². The second-order valence-corrected chi connectivity index (χ2v) is 5.31. The molecule has 0 atom stereocenters. The van der Waals surface area contributed by atoms with Crippen molar-refractivity contribution in [1.29, 1.82) is 0 Å². The van der Waals surface area contributed by atoms with Crippen LogP contribution in [0.15, 0.2) is 5.38 Å². The monoisotopic (exact) mass is 268 g/mol. The van der Waals surface area contributed by atoms with Crippen molar-refractivity contribution in [1.82, 2.24) is 19.7 Å². The predicted molar refractivity (Wildman–Crippen MR) is 72.0 cm³/mol. The van der Waals surface area contributed by atoms with E-state index in [0.717, 1.165) is 42.3 Å². The number of hydrogen-bond acceptors (Lipinski definition) is 4. The van der Waals surface area contributed by atoms with Gasteiger partial charge in [-0.25, -0.2) is 4.98 Å². The second kappa shape index (κ2) is 5.55. The number of nitrogens with one attached hydrogen (secondary N) is 1. The van der Waals surface area contributed by atoms with Gasteiger partial charge in [0.1, 0.15) is 5.82 Å². The Bertz CT molecular complexity index is 538. The number of H-pyrrole nitrogens is 1. The number of aryl methyl sites for hydroxylation is 3. The zero-order valence-corrected chi connectivity index (χ0v) is 11.7. The minimum atomic E-state index is 0.710. The van der Waals surface area contributed by atoms with Crippen molar-refractivity contribution in [3.8, 4) is 0 Å². The van der Waals surface area contributed by atoms with E-state index in [9.17, 15) is 0 Å². The van der Waals surface area contributed by atoms with E-state index in [1.165, 1.54) is 0 Å². The van der Waals surface area contributed by atoms with E-state index in [0.29, 0.717) is 4.77 Å². The van der Waals surface area contributed by atoms with E-state index >= 15 is 0 Å². The third kappa shape index (κ3) is 3.01. The Morgan fingerprint density at radius 1 is 1.47 bits per heavy atom. The van der Waals surface area contributed by atoms with Crippen molar-refractivity contribution < 1.29 is 0 Å². The first-order chi connectivity index (χ1) is 8.20. The van der Waals surface area contributed by atoms with Gasteiger partial charge in [0.25, 0.3) is 0 Å². The highest BCUT2D eigenvalue weighted by Gasteiger charge is 2.06. The minimum Gasteiger partial charge on any atom is -0.304 e. The highest BCUT2D eigenvalue weighted by Crippen LogP contribution is 2.11. The Balaban J connectivity index is 2.08. The zero-order valence-electron chi connectivity index (χ0n) is 10.1. The molecule has 0 aromatic carbocycles. The first-order valence-corrected chi connectivity index (χ1v) is 7.04. The van der Waals surface area contributed by atoms with Gasteiger partial charge >= 0.3 is 0 Å². The maximum atomic E-state index is 5.24. The molecule has 0 saturated heterocycles. The summed E-state index contributed by atoms with van der Waals surface area (Å²) in [5.41, 5.74) is 1.09. The van der Waals surface area contributed by atoms with E-state index < -0.39 is 0 Å². The molecule has 6 heteroatoms. The number of nitrogens with zero attached hydrogens (tertiary/aromatic N) is 3. The third-order valence-electron chi connectivity index (χ3n) is 2.53. The topological polar surface area (TPSA) is 46.5 Å². The van der Waals surface area contributed by atoms with Gasteiger partial charge in [-0.1, -0.05) is 6.92 Å². The normalized spacial score (nSPS) is 10.9. The zero-order chi connectivity index (χ0) is 12.3. The summed E-state index contributed by atoms with van der Waals surface area (Å²) in [6.07, 6.45) is 2.96. The smallest absolute Gasteiger partial charge is 0.195 e. The SMILES string of the molecule is CCCc1n[nH]c(=S)n1CCc1nc(C)cs1. The largest absolute Gasteiger partial charge is 0.304 e. The van der Waals surface area contributed by atoms with Crippen molar-refractivity contribution in [2.24, 2.45) is 0 Å². The van der Waals surface area contributed by atoms with Crippen LogP contribution in [0.2, 0.25) is 0 Å². The number of rotatable bonds is 5. The molecule has 4 nitrogen and oxygen atoms in total. The van der Waals surface area contributed by atoms with Gasteiger partial charge in [0.2, 0.25) is 0 Å². The van der Waals surface area contributed by atoms with Gasteiger partial charge in [-0.2, -0.15) is 5.10 Å². The number of hydrogen-bond donors (Lipinski definition) is 1. The first-order valence-electron chi connectivity index (χ1n) is 5.75. The average molecular weight is 268 g/mol. The third-order valence-corrected chi connectivity index (χ3v) is 3.86. The van der Waals surface area contributed by atoms with Crippen molar-refractivity contribution in [3.05, 3.63) is 26.7 Å². The molecule has 0 saturated carbocycles. The summed E-state index contributed by atoms with van der Waals surface area (Å²) >= 11 is 6.94. The molecule has 2 heterocycles. The summed E-state index contributed by atoms with van der Waals surface area (Å²) < 4.78 is 2.79. The lowest BCUT2D eigenvalue weighted by Gasteiger charge is -2.04. The Labute approximate surface area is 110 Å². The van der Waals surface area contributed by atoms with E-state index in [1.54, 1.807) is 11.3 Å². The lowest BCUT2D eigenvalue weighted by Crippen LogP contribution is -2.06. The van der Waals surface area contributed by atoms with Crippen LogP contribution in [0.4, 0.5) is 0 Å². The van der Waals surface area contributed by atoms with Gasteiger partial charge in [-0.15, -0.1) is 11.3 Å². The molecule has 2 aromatic heterocycles. The Hall–Kier alpha value is -1.01. The van der Waals surface area contributed by atoms with Gasteiger partial charge in [0.05, 0.1) is 5.01 Å². The van der Waals surface area contributed by atoms with Crippen LogP contribution in [0.25, 0.3) is 0 Å². The van der Waals surface area contributed by atoms with E-state index in [-0.39, 0.29) is 0 Å². The van der Waals surface area contributed by atoms with Gasteiger partial charge in [0, 0.05) is 30.5 Å². The highest BCUT2D eigenvalue weighted by atomic mass is 32.1. The molecular weight excluding hydrogens is 252 g/mol. The maximum Gasteiger partial charge on any atom is 0.195 e. The molecule has 0 radical (unpaired) electrons. The van der Waals surface area contributed by atoms with Crippen molar-refractivity contribution in [2.45, 2.75) is 39.7 Å². The molecule has 0 fully saturated rings. The van der Waals surface area contributed by atoms with Crippen LogP contribution in [-0.4, -0.2) is 19.7 Å². The molecule has 0 bridgehead atoms. The first kappa shape index (κ1) is 12.4. The molecule has 0 aliphatic carbocycles. The maximum absolute atomic E-state index is 5.24. The summed E-state index contributed by atoms with van der Waals surface area (Å²) in [7, 11) is 0. The summed E-state index contributed by atoms with van der Waals surface area (Å²) in [4.78, 5) is 4.46. The van der Waals surface area contributed by atoms with Gasteiger partial charge in [0.15, 0.2) is 4.77 Å². The van der Waals surface area contributed by atoms with Gasteiger partial charge in [-0.3, -0.25) is 5.10 Å². The quantitative estimate of drug-likeness (QED) is 0.848. The van der Waals surface area contributed by atoms with Gasteiger partial charge < -0.3 is 4.57 Å². The molecule has 0 aliphatic rings. The summed E-state index contributed by atoms with van der Waals surface area (Å²) in [6, 6.07) is 0. The minimum absolute atomic E-state index is 0.710. The number of thiazole rings is 1. The molecule has 92 valence electrons. The highest BCUT2D eigenvalue weighted by molar-refractivity contribution is 7.71. The molecule has 2 aromatic rings. The summed E-state index contributed by atoms with van der Waals surface area (Å²) in [5.74, 6) is 1.05. The predicted octanol–water partition coefficient (Wildman–Crippen LogP) is 2.90. The molecule has 2 rings (SSSR count). The number of aromatic amines is 1. The molecular formula is C11H16N4S2. The Kier molecular flexibility index (Phi) is 4.06.